The number of thioether (sulfide) groups is 1. The van der Waals surface area contributed by atoms with E-state index in [1.807, 2.05) is 16.8 Å². The molecule has 116 valence electrons. The average Bonchev–Trinajstić information content (AvgIpc) is 2.94. The number of nitrogens with one attached hydrogen (secondary N) is 1. The van der Waals surface area contributed by atoms with Crippen LogP contribution in [0.25, 0.3) is 5.69 Å². The van der Waals surface area contributed by atoms with Crippen LogP contribution < -0.4 is 11.1 Å². The quantitative estimate of drug-likeness (QED) is 0.783. The lowest BCUT2D eigenvalue weighted by molar-refractivity contribution is -0.123. The molecule has 1 heterocycles. The highest BCUT2D eigenvalue weighted by molar-refractivity contribution is 7.99. The first-order valence-electron chi connectivity index (χ1n) is 6.76. The Morgan fingerprint density at radius 2 is 2.09 bits per heavy atom. The number of amides is 2. The van der Waals surface area contributed by atoms with Gasteiger partial charge < -0.3 is 11.1 Å². The monoisotopic (exact) mass is 318 g/mol. The Bertz CT molecular complexity index is 697. The Labute approximate surface area is 133 Å². The van der Waals surface area contributed by atoms with Gasteiger partial charge >= 0.3 is 0 Å². The summed E-state index contributed by atoms with van der Waals surface area (Å²) in [5.41, 5.74) is 8.40. The van der Waals surface area contributed by atoms with Crippen molar-refractivity contribution in [3.8, 4) is 5.69 Å². The summed E-state index contributed by atoms with van der Waals surface area (Å²) in [5.74, 6) is -0.636. The van der Waals surface area contributed by atoms with Crippen molar-refractivity contribution >= 4 is 23.6 Å². The highest BCUT2D eigenvalue weighted by Gasteiger charge is 2.10. The topological polar surface area (TPSA) is 90.0 Å². The van der Waals surface area contributed by atoms with Gasteiger partial charge in [0.1, 0.15) is 0 Å². The normalized spacial score (nSPS) is 10.5. The standard InChI is InChI=1S/C15H18N4O2S/c1-10-3-4-12(7-11(10)2)19-6-5-17-15(19)22-9-14(21)18-8-13(16)20/h3-7H,8-9H2,1-2H3,(H2,16,20)(H,18,21). The average molecular weight is 318 g/mol. The number of carbonyl (C=O) groups excluding carboxylic acids is 2. The van der Waals surface area contributed by atoms with Crippen LogP contribution in [0, 0.1) is 13.8 Å². The maximum atomic E-state index is 11.6. The molecule has 0 saturated carbocycles. The molecule has 0 bridgehead atoms. The second-order valence-corrected chi connectivity index (χ2v) is 5.82. The molecule has 0 aliphatic carbocycles. The smallest absolute Gasteiger partial charge is 0.236 e. The molecule has 2 rings (SSSR count). The van der Waals surface area contributed by atoms with Gasteiger partial charge in [0.2, 0.25) is 11.8 Å². The molecule has 2 aromatic rings. The van der Waals surface area contributed by atoms with Crippen LogP contribution in [0.3, 0.4) is 0 Å². The zero-order chi connectivity index (χ0) is 16.1. The zero-order valence-corrected chi connectivity index (χ0v) is 13.3. The number of carbonyl (C=O) groups is 2. The van der Waals surface area contributed by atoms with Crippen molar-refractivity contribution < 1.29 is 9.59 Å². The minimum absolute atomic E-state index is 0.148. The number of imidazole rings is 1. The summed E-state index contributed by atoms with van der Waals surface area (Å²) in [6.07, 6.45) is 3.55. The van der Waals surface area contributed by atoms with E-state index in [-0.39, 0.29) is 18.2 Å². The zero-order valence-electron chi connectivity index (χ0n) is 12.5. The molecule has 0 aliphatic rings. The number of aromatic nitrogens is 2. The van der Waals surface area contributed by atoms with Crippen molar-refractivity contribution in [2.45, 2.75) is 19.0 Å². The Morgan fingerprint density at radius 3 is 2.77 bits per heavy atom. The lowest BCUT2D eigenvalue weighted by atomic mass is 10.1. The third-order valence-electron chi connectivity index (χ3n) is 3.17. The van der Waals surface area contributed by atoms with Crippen LogP contribution in [0.5, 0.6) is 0 Å². The van der Waals surface area contributed by atoms with E-state index in [2.05, 4.69) is 36.3 Å². The van der Waals surface area contributed by atoms with Crippen molar-refractivity contribution in [3.05, 3.63) is 41.7 Å². The van der Waals surface area contributed by atoms with E-state index in [0.29, 0.717) is 0 Å². The van der Waals surface area contributed by atoms with Crippen LogP contribution in [0.2, 0.25) is 0 Å². The van der Waals surface area contributed by atoms with Gasteiger partial charge in [-0.2, -0.15) is 0 Å². The molecule has 0 radical (unpaired) electrons. The SMILES string of the molecule is Cc1ccc(-n2ccnc2SCC(=O)NCC(N)=O)cc1C. The first-order chi connectivity index (χ1) is 10.5. The lowest BCUT2D eigenvalue weighted by Gasteiger charge is -2.09. The van der Waals surface area contributed by atoms with Crippen molar-refractivity contribution in [2.75, 3.05) is 12.3 Å². The van der Waals surface area contributed by atoms with Crippen LogP contribution >= 0.6 is 11.8 Å². The van der Waals surface area contributed by atoms with Gasteiger partial charge in [-0.15, -0.1) is 0 Å². The molecular formula is C15H18N4O2S. The highest BCUT2D eigenvalue weighted by Crippen LogP contribution is 2.21. The molecule has 1 aromatic heterocycles. The summed E-state index contributed by atoms with van der Waals surface area (Å²) in [4.78, 5) is 26.5. The van der Waals surface area contributed by atoms with Crippen LogP contribution in [-0.4, -0.2) is 33.7 Å². The minimum Gasteiger partial charge on any atom is -0.368 e. The third-order valence-corrected chi connectivity index (χ3v) is 4.13. The van der Waals surface area contributed by atoms with Crippen molar-refractivity contribution in [1.82, 2.24) is 14.9 Å². The summed E-state index contributed by atoms with van der Waals surface area (Å²) in [7, 11) is 0. The van der Waals surface area contributed by atoms with Gasteiger partial charge in [-0.25, -0.2) is 4.98 Å². The number of benzene rings is 1. The number of hydrogen-bond donors (Lipinski definition) is 2. The Morgan fingerprint density at radius 1 is 1.32 bits per heavy atom. The molecule has 0 atom stereocenters. The van der Waals surface area contributed by atoms with E-state index in [9.17, 15) is 9.59 Å². The molecule has 0 saturated heterocycles. The fraction of sp³-hybridized carbons (Fsp3) is 0.267. The Balaban J connectivity index is 2.05. The van der Waals surface area contributed by atoms with Crippen LogP contribution in [0.1, 0.15) is 11.1 Å². The molecule has 0 unspecified atom stereocenters. The first-order valence-corrected chi connectivity index (χ1v) is 7.74. The molecule has 0 fully saturated rings. The lowest BCUT2D eigenvalue weighted by Crippen LogP contribution is -2.34. The maximum absolute atomic E-state index is 11.6. The van der Waals surface area contributed by atoms with E-state index < -0.39 is 5.91 Å². The summed E-state index contributed by atoms with van der Waals surface area (Å²) in [5, 5.41) is 3.17. The molecular weight excluding hydrogens is 300 g/mol. The summed E-state index contributed by atoms with van der Waals surface area (Å²) in [6.45, 7) is 3.97. The summed E-state index contributed by atoms with van der Waals surface area (Å²) in [6, 6.07) is 6.15. The van der Waals surface area contributed by atoms with Crippen LogP contribution in [0.15, 0.2) is 35.7 Å². The van der Waals surface area contributed by atoms with E-state index in [1.165, 1.54) is 22.9 Å². The fourth-order valence-electron chi connectivity index (χ4n) is 1.84. The van der Waals surface area contributed by atoms with E-state index in [1.54, 1.807) is 6.20 Å². The van der Waals surface area contributed by atoms with E-state index >= 15 is 0 Å². The molecule has 1 aromatic carbocycles. The van der Waals surface area contributed by atoms with Gasteiger partial charge in [0, 0.05) is 18.1 Å². The number of aryl methyl sites for hydroxylation is 2. The van der Waals surface area contributed by atoms with Gasteiger partial charge in [-0.05, 0) is 37.1 Å². The van der Waals surface area contributed by atoms with E-state index in [0.717, 1.165) is 10.8 Å². The summed E-state index contributed by atoms with van der Waals surface area (Å²) < 4.78 is 1.93. The molecule has 0 spiro atoms. The van der Waals surface area contributed by atoms with Gasteiger partial charge in [0.25, 0.3) is 0 Å². The number of nitrogens with zero attached hydrogens (tertiary/aromatic N) is 2. The number of nitrogens with two attached hydrogens (primary N) is 1. The molecule has 0 aliphatic heterocycles. The van der Waals surface area contributed by atoms with Crippen molar-refractivity contribution in [3.63, 3.8) is 0 Å². The maximum Gasteiger partial charge on any atom is 0.236 e. The second kappa shape index (κ2) is 7.13. The van der Waals surface area contributed by atoms with Crippen LogP contribution in [-0.2, 0) is 9.59 Å². The Hall–Kier alpha value is -2.28. The van der Waals surface area contributed by atoms with Crippen molar-refractivity contribution in [2.24, 2.45) is 5.73 Å². The number of rotatable bonds is 6. The number of hydrogen-bond acceptors (Lipinski definition) is 4. The first kappa shape index (κ1) is 16.1. The summed E-state index contributed by atoms with van der Waals surface area (Å²) >= 11 is 1.31. The molecule has 3 N–H and O–H groups in total. The van der Waals surface area contributed by atoms with Gasteiger partial charge in [0.05, 0.1) is 12.3 Å². The number of primary amides is 1. The van der Waals surface area contributed by atoms with Crippen LogP contribution in [0.4, 0.5) is 0 Å². The predicted octanol–water partition coefficient (Wildman–Crippen LogP) is 1.18. The minimum atomic E-state index is -0.560. The molecule has 6 nitrogen and oxygen atoms in total. The molecule has 2 amide bonds. The van der Waals surface area contributed by atoms with Gasteiger partial charge in [-0.1, -0.05) is 17.8 Å². The largest absolute Gasteiger partial charge is 0.368 e. The molecule has 22 heavy (non-hydrogen) atoms. The van der Waals surface area contributed by atoms with Gasteiger partial charge in [-0.3, -0.25) is 14.2 Å². The molecule has 7 heteroatoms. The van der Waals surface area contributed by atoms with E-state index in [4.69, 9.17) is 5.73 Å². The van der Waals surface area contributed by atoms with Gasteiger partial charge in [0.15, 0.2) is 5.16 Å². The fourth-order valence-corrected chi connectivity index (χ4v) is 2.64. The highest BCUT2D eigenvalue weighted by atomic mass is 32.2. The third kappa shape index (κ3) is 4.11. The van der Waals surface area contributed by atoms with Crippen molar-refractivity contribution in [1.29, 1.82) is 0 Å². The second-order valence-electron chi connectivity index (χ2n) is 4.88. The Kier molecular flexibility index (Phi) is 5.21. The predicted molar refractivity (Wildman–Crippen MR) is 86.0 cm³/mol.